The summed E-state index contributed by atoms with van der Waals surface area (Å²) in [6, 6.07) is 12.6. The van der Waals surface area contributed by atoms with Crippen LogP contribution in [0, 0.1) is 5.82 Å². The van der Waals surface area contributed by atoms with Crippen molar-refractivity contribution in [2.45, 2.75) is 31.6 Å². The van der Waals surface area contributed by atoms with E-state index in [9.17, 15) is 9.50 Å². The van der Waals surface area contributed by atoms with Gasteiger partial charge in [-0.05, 0) is 31.5 Å². The first kappa shape index (κ1) is 20.6. The van der Waals surface area contributed by atoms with E-state index in [1.54, 1.807) is 32.4 Å². The van der Waals surface area contributed by atoms with Gasteiger partial charge in [0.2, 0.25) is 0 Å². The summed E-state index contributed by atoms with van der Waals surface area (Å²) in [5.74, 6) is 1.26. The lowest BCUT2D eigenvalue weighted by atomic mass is 10.0. The predicted molar refractivity (Wildman–Crippen MR) is 105 cm³/mol. The quantitative estimate of drug-likeness (QED) is 0.711. The number of rotatable bonds is 9. The molecule has 3 rings (SSSR count). The lowest BCUT2D eigenvalue weighted by molar-refractivity contribution is 0.00686. The SMILES string of the molecule is COc1ccc(C2CCCN2CC(O)COCc2ccccc2F)c(OC)c1. The first-order valence-electron chi connectivity index (χ1n) is 9.57. The van der Waals surface area contributed by atoms with Crippen LogP contribution in [0.4, 0.5) is 4.39 Å². The van der Waals surface area contributed by atoms with Gasteiger partial charge in [0.1, 0.15) is 17.3 Å². The van der Waals surface area contributed by atoms with Gasteiger partial charge in [-0.2, -0.15) is 0 Å². The fraction of sp³-hybridized carbons (Fsp3) is 0.455. The Balaban J connectivity index is 1.57. The summed E-state index contributed by atoms with van der Waals surface area (Å²) in [6.07, 6.45) is 1.42. The topological polar surface area (TPSA) is 51.2 Å². The van der Waals surface area contributed by atoms with Crippen LogP contribution < -0.4 is 9.47 Å². The third kappa shape index (κ3) is 5.01. The highest BCUT2D eigenvalue weighted by atomic mass is 19.1. The highest BCUT2D eigenvalue weighted by molar-refractivity contribution is 5.42. The molecule has 1 heterocycles. The Hall–Kier alpha value is -2.15. The molecular weight excluding hydrogens is 361 g/mol. The maximum Gasteiger partial charge on any atom is 0.128 e. The Bertz CT molecular complexity index is 770. The zero-order valence-electron chi connectivity index (χ0n) is 16.4. The number of halogens is 1. The number of nitrogens with zero attached hydrogens (tertiary/aromatic N) is 1. The van der Waals surface area contributed by atoms with E-state index in [1.165, 1.54) is 6.07 Å². The molecule has 28 heavy (non-hydrogen) atoms. The second-order valence-electron chi connectivity index (χ2n) is 7.02. The second-order valence-corrected chi connectivity index (χ2v) is 7.02. The minimum atomic E-state index is -0.642. The largest absolute Gasteiger partial charge is 0.497 e. The first-order chi connectivity index (χ1) is 13.6. The van der Waals surface area contributed by atoms with Gasteiger partial charge in [0.05, 0.1) is 33.5 Å². The maximum atomic E-state index is 13.6. The molecule has 0 bridgehead atoms. The van der Waals surface area contributed by atoms with Crippen LogP contribution in [0.15, 0.2) is 42.5 Å². The third-order valence-electron chi connectivity index (χ3n) is 5.13. The Morgan fingerprint density at radius 1 is 1.18 bits per heavy atom. The van der Waals surface area contributed by atoms with Crippen molar-refractivity contribution in [1.82, 2.24) is 4.90 Å². The first-order valence-corrected chi connectivity index (χ1v) is 9.57. The molecule has 152 valence electrons. The van der Waals surface area contributed by atoms with Gasteiger partial charge >= 0.3 is 0 Å². The molecule has 2 atom stereocenters. The van der Waals surface area contributed by atoms with Gasteiger partial charge in [-0.3, -0.25) is 4.90 Å². The average Bonchev–Trinajstić information content (AvgIpc) is 3.16. The van der Waals surface area contributed by atoms with Gasteiger partial charge in [0.25, 0.3) is 0 Å². The molecule has 0 aliphatic carbocycles. The van der Waals surface area contributed by atoms with Crippen molar-refractivity contribution in [2.24, 2.45) is 0 Å². The summed E-state index contributed by atoms with van der Waals surface area (Å²) in [6.45, 7) is 1.72. The van der Waals surface area contributed by atoms with E-state index in [0.717, 1.165) is 36.4 Å². The molecule has 2 unspecified atom stereocenters. The van der Waals surface area contributed by atoms with Crippen LogP contribution in [-0.4, -0.2) is 50.0 Å². The molecule has 0 spiro atoms. The van der Waals surface area contributed by atoms with Gasteiger partial charge in [-0.1, -0.05) is 24.3 Å². The van der Waals surface area contributed by atoms with Crippen LogP contribution >= 0.6 is 0 Å². The summed E-state index contributed by atoms with van der Waals surface area (Å²) in [7, 11) is 3.29. The highest BCUT2D eigenvalue weighted by Gasteiger charge is 2.29. The summed E-state index contributed by atoms with van der Waals surface area (Å²) in [5, 5.41) is 10.4. The smallest absolute Gasteiger partial charge is 0.128 e. The summed E-state index contributed by atoms with van der Waals surface area (Å²) in [5.41, 5.74) is 1.59. The Morgan fingerprint density at radius 2 is 2.00 bits per heavy atom. The van der Waals surface area contributed by atoms with Crippen LogP contribution in [-0.2, 0) is 11.3 Å². The molecule has 1 aliphatic rings. The van der Waals surface area contributed by atoms with Gasteiger partial charge in [-0.25, -0.2) is 4.39 Å². The van der Waals surface area contributed by atoms with Crippen molar-refractivity contribution >= 4 is 0 Å². The van der Waals surface area contributed by atoms with Crippen molar-refractivity contribution in [3.8, 4) is 11.5 Å². The molecule has 1 aliphatic heterocycles. The number of hydrogen-bond donors (Lipinski definition) is 1. The molecule has 0 saturated carbocycles. The summed E-state index contributed by atoms with van der Waals surface area (Å²) >= 11 is 0. The lowest BCUT2D eigenvalue weighted by Crippen LogP contribution is -2.34. The summed E-state index contributed by atoms with van der Waals surface area (Å²) < 4.78 is 30.0. The normalized spacial score (nSPS) is 18.2. The number of methoxy groups -OCH3 is 2. The maximum absolute atomic E-state index is 13.6. The molecule has 1 saturated heterocycles. The summed E-state index contributed by atoms with van der Waals surface area (Å²) in [4.78, 5) is 2.25. The monoisotopic (exact) mass is 389 g/mol. The van der Waals surface area contributed by atoms with E-state index in [2.05, 4.69) is 4.90 Å². The standard InChI is InChI=1S/C22H28FNO4/c1-26-18-9-10-19(22(12-18)27-2)21-8-5-11-24(21)13-17(25)15-28-14-16-6-3-4-7-20(16)23/h3-4,6-7,9-10,12,17,21,25H,5,8,11,13-15H2,1-2H3. The van der Waals surface area contributed by atoms with E-state index in [1.807, 2.05) is 18.2 Å². The van der Waals surface area contributed by atoms with Crippen molar-refractivity contribution in [2.75, 3.05) is 33.9 Å². The Morgan fingerprint density at radius 3 is 2.75 bits per heavy atom. The zero-order valence-corrected chi connectivity index (χ0v) is 16.4. The van der Waals surface area contributed by atoms with Crippen molar-refractivity contribution in [3.63, 3.8) is 0 Å². The van der Waals surface area contributed by atoms with Crippen molar-refractivity contribution in [3.05, 3.63) is 59.4 Å². The number of ether oxygens (including phenoxy) is 3. The molecule has 0 aromatic heterocycles. The fourth-order valence-corrected chi connectivity index (χ4v) is 3.73. The fourth-order valence-electron chi connectivity index (χ4n) is 3.73. The number of β-amino-alcohol motifs (C(OH)–C–C–N with tert-alkyl or cyclic N) is 1. The van der Waals surface area contributed by atoms with Gasteiger partial charge in [0.15, 0.2) is 0 Å². The van der Waals surface area contributed by atoms with Crippen molar-refractivity contribution < 1.29 is 23.7 Å². The van der Waals surface area contributed by atoms with Gasteiger partial charge in [-0.15, -0.1) is 0 Å². The second kappa shape index (κ2) is 9.87. The van der Waals surface area contributed by atoms with Crippen LogP contribution in [0.2, 0.25) is 0 Å². The van der Waals surface area contributed by atoms with E-state index < -0.39 is 6.10 Å². The highest BCUT2D eigenvalue weighted by Crippen LogP contribution is 2.38. The molecule has 5 nitrogen and oxygen atoms in total. The van der Waals surface area contributed by atoms with E-state index in [-0.39, 0.29) is 25.1 Å². The van der Waals surface area contributed by atoms with Crippen molar-refractivity contribution in [1.29, 1.82) is 0 Å². The average molecular weight is 389 g/mol. The van der Waals surface area contributed by atoms with Crippen LogP contribution in [0.1, 0.15) is 30.0 Å². The molecule has 0 radical (unpaired) electrons. The lowest BCUT2D eigenvalue weighted by Gasteiger charge is -2.28. The Labute approximate surface area is 165 Å². The van der Waals surface area contributed by atoms with Crippen LogP contribution in [0.5, 0.6) is 11.5 Å². The molecular formula is C22H28FNO4. The van der Waals surface area contributed by atoms with E-state index in [0.29, 0.717) is 12.1 Å². The number of hydrogen-bond acceptors (Lipinski definition) is 5. The molecule has 2 aromatic carbocycles. The minimum Gasteiger partial charge on any atom is -0.497 e. The van der Waals surface area contributed by atoms with E-state index in [4.69, 9.17) is 14.2 Å². The number of aliphatic hydroxyl groups excluding tert-OH is 1. The third-order valence-corrected chi connectivity index (χ3v) is 5.13. The number of likely N-dealkylation sites (tertiary alicyclic amines) is 1. The van der Waals surface area contributed by atoms with E-state index >= 15 is 0 Å². The minimum absolute atomic E-state index is 0.152. The van der Waals surface area contributed by atoms with Gasteiger partial charge in [0, 0.05) is 29.8 Å². The molecule has 2 aromatic rings. The zero-order chi connectivity index (χ0) is 19.9. The predicted octanol–water partition coefficient (Wildman–Crippen LogP) is 3.56. The molecule has 1 fully saturated rings. The number of benzene rings is 2. The van der Waals surface area contributed by atoms with Crippen LogP contribution in [0.25, 0.3) is 0 Å². The molecule has 0 amide bonds. The molecule has 1 N–H and O–H groups in total. The van der Waals surface area contributed by atoms with Crippen LogP contribution in [0.3, 0.4) is 0 Å². The molecule has 6 heteroatoms. The Kier molecular flexibility index (Phi) is 7.25. The number of aliphatic hydroxyl groups is 1. The van der Waals surface area contributed by atoms with Gasteiger partial charge < -0.3 is 19.3 Å².